The highest BCUT2D eigenvalue weighted by Crippen LogP contribution is 2.15. The summed E-state index contributed by atoms with van der Waals surface area (Å²) in [4.78, 5) is 22.1. The first-order valence-corrected chi connectivity index (χ1v) is 5.48. The first-order chi connectivity index (χ1) is 8.54. The van der Waals surface area contributed by atoms with Gasteiger partial charge < -0.3 is 10.5 Å². The van der Waals surface area contributed by atoms with Crippen molar-refractivity contribution in [1.82, 2.24) is 5.32 Å². The quantitative estimate of drug-likeness (QED) is 0.629. The van der Waals surface area contributed by atoms with Crippen molar-refractivity contribution in [3.63, 3.8) is 0 Å². The van der Waals surface area contributed by atoms with Crippen LogP contribution in [-0.4, -0.2) is 12.4 Å². The van der Waals surface area contributed by atoms with Gasteiger partial charge in [-0.3, -0.25) is 10.1 Å². The molecule has 1 atom stereocenters. The Hall–Kier alpha value is -2.30. The zero-order chi connectivity index (χ0) is 13.5. The van der Waals surface area contributed by atoms with Crippen LogP contribution in [0.15, 0.2) is 41.7 Å². The first kappa shape index (κ1) is 13.8. The second kappa shape index (κ2) is 6.44. The number of hydrogen-bond acceptors (Lipinski definition) is 4. The molecule has 0 aliphatic carbocycles. The van der Waals surface area contributed by atoms with Crippen LogP contribution in [-0.2, 0) is 9.53 Å². The van der Waals surface area contributed by atoms with Crippen LogP contribution in [0.5, 0.6) is 0 Å². The maximum Gasteiger partial charge on any atom is 0.412 e. The lowest BCUT2D eigenvalue weighted by Crippen LogP contribution is -2.27. The van der Waals surface area contributed by atoms with E-state index in [0.29, 0.717) is 6.29 Å². The Morgan fingerprint density at radius 2 is 2.00 bits per heavy atom. The molecule has 0 unspecified atom stereocenters. The van der Waals surface area contributed by atoms with Crippen molar-refractivity contribution in [2.45, 2.75) is 20.0 Å². The van der Waals surface area contributed by atoms with Gasteiger partial charge in [0.05, 0.1) is 0 Å². The fraction of sp³-hybridized carbons (Fsp3) is 0.231. The molecule has 0 radical (unpaired) electrons. The summed E-state index contributed by atoms with van der Waals surface area (Å²) in [6, 6.07) is 9.29. The number of nitrogens with one attached hydrogen (secondary N) is 1. The molecule has 96 valence electrons. The summed E-state index contributed by atoms with van der Waals surface area (Å²) in [6.07, 6.45) is -0.639. The van der Waals surface area contributed by atoms with Crippen LogP contribution >= 0.6 is 0 Å². The molecule has 1 amide bonds. The number of ether oxygens (including phenoxy) is 1. The van der Waals surface area contributed by atoms with E-state index < -0.39 is 12.2 Å². The van der Waals surface area contributed by atoms with Gasteiger partial charge in [-0.2, -0.15) is 0 Å². The number of carbonyl (C=O) groups is 2. The lowest BCUT2D eigenvalue weighted by atomic mass is 10.1. The van der Waals surface area contributed by atoms with Crippen molar-refractivity contribution in [1.29, 1.82) is 0 Å². The summed E-state index contributed by atoms with van der Waals surface area (Å²) < 4.78 is 5.12. The van der Waals surface area contributed by atoms with E-state index in [1.54, 1.807) is 6.92 Å². The van der Waals surface area contributed by atoms with Crippen LogP contribution in [0, 0.1) is 0 Å². The van der Waals surface area contributed by atoms with E-state index in [0.717, 1.165) is 5.56 Å². The van der Waals surface area contributed by atoms with Crippen LogP contribution in [0.4, 0.5) is 4.79 Å². The van der Waals surface area contributed by atoms with E-state index >= 15 is 0 Å². The number of amides is 1. The summed E-state index contributed by atoms with van der Waals surface area (Å²) in [5.74, 6) is 0. The number of carbonyl (C=O) groups excluding carboxylic acids is 2. The number of alkyl carbamates (subject to hydrolysis) is 1. The van der Waals surface area contributed by atoms with Gasteiger partial charge in [0.1, 0.15) is 11.8 Å². The predicted octanol–water partition coefficient (Wildman–Crippen LogP) is 1.86. The molecule has 0 spiro atoms. The molecule has 5 nitrogen and oxygen atoms in total. The summed E-state index contributed by atoms with van der Waals surface area (Å²) in [5.41, 5.74) is 6.53. The zero-order valence-electron chi connectivity index (χ0n) is 10.3. The number of allylic oxidation sites excluding steroid dienone is 2. The van der Waals surface area contributed by atoms with Crippen LogP contribution in [0.2, 0.25) is 0 Å². The molecule has 1 rings (SSSR count). The van der Waals surface area contributed by atoms with Gasteiger partial charge in [-0.05, 0) is 19.4 Å². The maximum absolute atomic E-state index is 11.5. The van der Waals surface area contributed by atoms with Gasteiger partial charge in [0.2, 0.25) is 0 Å². The van der Waals surface area contributed by atoms with Crippen molar-refractivity contribution >= 4 is 12.4 Å². The highest BCUT2D eigenvalue weighted by atomic mass is 16.6. The smallest absolute Gasteiger partial charge is 0.412 e. The molecular formula is C13H16N2O3. The average Bonchev–Trinajstić information content (AvgIpc) is 2.36. The van der Waals surface area contributed by atoms with Crippen molar-refractivity contribution in [3.05, 3.63) is 47.3 Å². The van der Waals surface area contributed by atoms with E-state index in [4.69, 9.17) is 10.5 Å². The van der Waals surface area contributed by atoms with Crippen molar-refractivity contribution in [3.8, 4) is 0 Å². The van der Waals surface area contributed by atoms with Gasteiger partial charge in [-0.25, -0.2) is 4.79 Å². The lowest BCUT2D eigenvalue weighted by Gasteiger charge is -2.14. The topological polar surface area (TPSA) is 81.4 Å². The monoisotopic (exact) mass is 248 g/mol. The molecule has 0 saturated heterocycles. The molecule has 1 aromatic carbocycles. The molecule has 1 aromatic rings. The molecule has 0 bridgehead atoms. The molecule has 0 heterocycles. The van der Waals surface area contributed by atoms with Crippen molar-refractivity contribution in [2.75, 3.05) is 0 Å². The van der Waals surface area contributed by atoms with E-state index in [9.17, 15) is 9.59 Å². The summed E-state index contributed by atoms with van der Waals surface area (Å²) in [7, 11) is 0. The lowest BCUT2D eigenvalue weighted by molar-refractivity contribution is -0.105. The largest absolute Gasteiger partial charge is 0.441 e. The van der Waals surface area contributed by atoms with Gasteiger partial charge in [-0.15, -0.1) is 0 Å². The van der Waals surface area contributed by atoms with E-state index in [1.807, 2.05) is 30.3 Å². The van der Waals surface area contributed by atoms with Crippen molar-refractivity contribution in [2.24, 2.45) is 5.73 Å². The highest BCUT2D eigenvalue weighted by Gasteiger charge is 2.12. The summed E-state index contributed by atoms with van der Waals surface area (Å²) in [5, 5.41) is 2.29. The number of benzene rings is 1. The average molecular weight is 248 g/mol. The normalized spacial score (nSPS) is 13.2. The van der Waals surface area contributed by atoms with Gasteiger partial charge in [0.25, 0.3) is 0 Å². The fourth-order valence-electron chi connectivity index (χ4n) is 1.31. The minimum absolute atomic E-state index is 0.0141. The van der Waals surface area contributed by atoms with E-state index in [2.05, 4.69) is 5.32 Å². The number of aldehydes is 1. The SMILES string of the molecule is C/C(N)=C(/C=O)NC(=O)O[C@H](C)c1ccccc1. The van der Waals surface area contributed by atoms with Gasteiger partial charge in [-0.1, -0.05) is 30.3 Å². The number of hydrogen-bond donors (Lipinski definition) is 2. The highest BCUT2D eigenvalue weighted by molar-refractivity contribution is 5.82. The maximum atomic E-state index is 11.5. The van der Waals surface area contributed by atoms with Gasteiger partial charge >= 0.3 is 6.09 Å². The Morgan fingerprint density at radius 1 is 1.39 bits per heavy atom. The third-order valence-corrected chi connectivity index (χ3v) is 2.33. The number of nitrogens with two attached hydrogens (primary N) is 1. The second-order valence-electron chi connectivity index (χ2n) is 3.80. The molecule has 0 fully saturated rings. The second-order valence-corrected chi connectivity index (χ2v) is 3.80. The van der Waals surface area contributed by atoms with Crippen molar-refractivity contribution < 1.29 is 14.3 Å². The zero-order valence-corrected chi connectivity index (χ0v) is 10.3. The molecule has 0 aromatic heterocycles. The molecule has 3 N–H and O–H groups in total. The van der Waals surface area contributed by atoms with Crippen LogP contribution in [0.3, 0.4) is 0 Å². The van der Waals surface area contributed by atoms with E-state index in [-0.39, 0.29) is 11.4 Å². The predicted molar refractivity (Wildman–Crippen MR) is 67.4 cm³/mol. The van der Waals surface area contributed by atoms with Gasteiger partial charge in [0, 0.05) is 5.70 Å². The van der Waals surface area contributed by atoms with E-state index in [1.165, 1.54) is 6.92 Å². The molecule has 18 heavy (non-hydrogen) atoms. The van der Waals surface area contributed by atoms with Crippen LogP contribution < -0.4 is 11.1 Å². The third kappa shape index (κ3) is 3.93. The Balaban J connectivity index is 2.61. The van der Waals surface area contributed by atoms with Crippen LogP contribution in [0.25, 0.3) is 0 Å². The fourth-order valence-corrected chi connectivity index (χ4v) is 1.31. The standard InChI is InChI=1S/C13H16N2O3/c1-9(14)12(8-16)15-13(17)18-10(2)11-6-4-3-5-7-11/h3-8,10H,14H2,1-2H3,(H,15,17)/b12-9+/t10-/m1/s1. The molecule has 0 aliphatic heterocycles. The molecular weight excluding hydrogens is 232 g/mol. The number of rotatable bonds is 4. The van der Waals surface area contributed by atoms with Gasteiger partial charge in [0.15, 0.2) is 6.29 Å². The summed E-state index contributed by atoms with van der Waals surface area (Å²) >= 11 is 0. The Kier molecular flexibility index (Phi) is 4.92. The molecule has 0 aliphatic rings. The summed E-state index contributed by atoms with van der Waals surface area (Å²) in [6.45, 7) is 3.26. The van der Waals surface area contributed by atoms with Crippen LogP contribution in [0.1, 0.15) is 25.5 Å². The Labute approximate surface area is 106 Å². The Morgan fingerprint density at radius 3 is 2.50 bits per heavy atom. The first-order valence-electron chi connectivity index (χ1n) is 5.48. The third-order valence-electron chi connectivity index (χ3n) is 2.33. The minimum Gasteiger partial charge on any atom is -0.441 e. The molecule has 0 saturated carbocycles. The minimum atomic E-state index is -0.710. The Bertz CT molecular complexity index is 451. The molecule has 5 heteroatoms.